The van der Waals surface area contributed by atoms with E-state index in [0.29, 0.717) is 19.5 Å². The SMILES string of the molecule is CC(C)(C)OC(=O)N1CCNC(Cc2ccccc2)(C(=O)O)C1. The van der Waals surface area contributed by atoms with Crippen LogP contribution in [-0.2, 0) is 16.0 Å². The predicted octanol–water partition coefficient (Wildman–Crippen LogP) is 1.89. The zero-order chi connectivity index (χ0) is 17.1. The smallest absolute Gasteiger partial charge is 0.410 e. The van der Waals surface area contributed by atoms with Crippen molar-refractivity contribution in [2.45, 2.75) is 38.3 Å². The number of hydrogen-bond acceptors (Lipinski definition) is 4. The number of ether oxygens (including phenoxy) is 1. The summed E-state index contributed by atoms with van der Waals surface area (Å²) in [6.45, 7) is 6.30. The van der Waals surface area contributed by atoms with Crippen molar-refractivity contribution in [3.63, 3.8) is 0 Å². The van der Waals surface area contributed by atoms with Gasteiger partial charge in [-0.15, -0.1) is 0 Å². The van der Waals surface area contributed by atoms with Gasteiger partial charge in [0.1, 0.15) is 11.1 Å². The second kappa shape index (κ2) is 6.58. The molecule has 6 heteroatoms. The summed E-state index contributed by atoms with van der Waals surface area (Å²) in [4.78, 5) is 25.6. The minimum atomic E-state index is -1.20. The summed E-state index contributed by atoms with van der Waals surface area (Å²) in [5.74, 6) is -0.963. The van der Waals surface area contributed by atoms with Crippen LogP contribution in [0.15, 0.2) is 30.3 Å². The van der Waals surface area contributed by atoms with Gasteiger partial charge >= 0.3 is 12.1 Å². The third-order valence-corrected chi connectivity index (χ3v) is 3.72. The Hall–Kier alpha value is -2.08. The van der Waals surface area contributed by atoms with E-state index in [2.05, 4.69) is 5.32 Å². The molecule has 126 valence electrons. The number of carboxylic acids is 1. The Kier molecular flexibility index (Phi) is 4.94. The standard InChI is InChI=1S/C17H24N2O4/c1-16(2,3)23-15(22)19-10-9-18-17(12-19,14(20)21)11-13-7-5-4-6-8-13/h4-8,18H,9-12H2,1-3H3,(H,20,21). The van der Waals surface area contributed by atoms with Gasteiger partial charge in [0.2, 0.25) is 0 Å². The molecule has 6 nitrogen and oxygen atoms in total. The van der Waals surface area contributed by atoms with Crippen molar-refractivity contribution in [2.24, 2.45) is 0 Å². The van der Waals surface area contributed by atoms with Crippen molar-refractivity contribution in [3.8, 4) is 0 Å². The third kappa shape index (κ3) is 4.45. The minimum Gasteiger partial charge on any atom is -0.480 e. The molecule has 2 rings (SSSR count). The predicted molar refractivity (Wildman–Crippen MR) is 86.3 cm³/mol. The van der Waals surface area contributed by atoms with Crippen LogP contribution >= 0.6 is 0 Å². The summed E-state index contributed by atoms with van der Waals surface area (Å²) in [5, 5.41) is 12.8. The Bertz CT molecular complexity index is 568. The number of benzene rings is 1. The molecule has 0 saturated carbocycles. The van der Waals surface area contributed by atoms with E-state index in [1.165, 1.54) is 4.90 Å². The van der Waals surface area contributed by atoms with E-state index in [9.17, 15) is 14.7 Å². The normalized spacial score (nSPS) is 21.8. The Morgan fingerprint density at radius 2 is 1.96 bits per heavy atom. The number of hydrogen-bond donors (Lipinski definition) is 2. The van der Waals surface area contributed by atoms with Gasteiger partial charge in [0.15, 0.2) is 0 Å². The van der Waals surface area contributed by atoms with Gasteiger partial charge in [-0.3, -0.25) is 10.1 Å². The zero-order valence-corrected chi connectivity index (χ0v) is 13.8. The maximum Gasteiger partial charge on any atom is 0.410 e. The fraction of sp³-hybridized carbons (Fsp3) is 0.529. The van der Waals surface area contributed by atoms with E-state index >= 15 is 0 Å². The molecule has 1 unspecified atom stereocenters. The first-order valence-electron chi connectivity index (χ1n) is 7.72. The molecule has 1 aromatic rings. The lowest BCUT2D eigenvalue weighted by Crippen LogP contribution is -2.66. The Morgan fingerprint density at radius 1 is 1.30 bits per heavy atom. The van der Waals surface area contributed by atoms with E-state index < -0.39 is 23.2 Å². The summed E-state index contributed by atoms with van der Waals surface area (Å²) in [7, 11) is 0. The molecule has 1 fully saturated rings. The first kappa shape index (κ1) is 17.3. The van der Waals surface area contributed by atoms with Crippen molar-refractivity contribution < 1.29 is 19.4 Å². The number of piperazine rings is 1. The van der Waals surface area contributed by atoms with Crippen LogP contribution in [-0.4, -0.2) is 52.8 Å². The molecule has 1 atom stereocenters. The molecule has 1 aliphatic rings. The van der Waals surface area contributed by atoms with Crippen LogP contribution in [0.4, 0.5) is 4.79 Å². The van der Waals surface area contributed by atoms with Crippen molar-refractivity contribution >= 4 is 12.1 Å². The minimum absolute atomic E-state index is 0.0755. The average Bonchev–Trinajstić information content (AvgIpc) is 2.46. The Morgan fingerprint density at radius 3 is 2.52 bits per heavy atom. The van der Waals surface area contributed by atoms with Crippen molar-refractivity contribution in [1.82, 2.24) is 10.2 Å². The number of carboxylic acid groups (broad SMARTS) is 1. The summed E-state index contributed by atoms with van der Waals surface area (Å²) < 4.78 is 5.37. The Balaban J connectivity index is 2.17. The van der Waals surface area contributed by atoms with Crippen molar-refractivity contribution in [1.29, 1.82) is 0 Å². The summed E-state index contributed by atoms with van der Waals surface area (Å²) in [6, 6.07) is 9.41. The van der Waals surface area contributed by atoms with Gasteiger partial charge in [0.05, 0.1) is 6.54 Å². The second-order valence-electron chi connectivity index (χ2n) is 6.88. The molecule has 0 bridgehead atoms. The van der Waals surface area contributed by atoms with E-state index in [4.69, 9.17) is 4.74 Å². The van der Waals surface area contributed by atoms with Crippen LogP contribution in [0.25, 0.3) is 0 Å². The lowest BCUT2D eigenvalue weighted by atomic mass is 9.88. The number of carbonyl (C=O) groups is 2. The number of nitrogens with zero attached hydrogens (tertiary/aromatic N) is 1. The third-order valence-electron chi connectivity index (χ3n) is 3.72. The van der Waals surface area contributed by atoms with Crippen LogP contribution in [0.3, 0.4) is 0 Å². The van der Waals surface area contributed by atoms with Gasteiger partial charge in [0, 0.05) is 19.5 Å². The first-order valence-corrected chi connectivity index (χ1v) is 7.72. The monoisotopic (exact) mass is 320 g/mol. The molecule has 23 heavy (non-hydrogen) atoms. The molecular formula is C17H24N2O4. The molecular weight excluding hydrogens is 296 g/mol. The quantitative estimate of drug-likeness (QED) is 0.889. The number of aliphatic carboxylic acids is 1. The second-order valence-corrected chi connectivity index (χ2v) is 6.88. The highest BCUT2D eigenvalue weighted by Crippen LogP contribution is 2.21. The molecule has 1 aliphatic heterocycles. The van der Waals surface area contributed by atoms with E-state index in [0.717, 1.165) is 5.56 Å². The van der Waals surface area contributed by atoms with Crippen molar-refractivity contribution in [2.75, 3.05) is 19.6 Å². The lowest BCUT2D eigenvalue weighted by molar-refractivity contribution is -0.146. The van der Waals surface area contributed by atoms with Gasteiger partial charge < -0.3 is 14.7 Å². The van der Waals surface area contributed by atoms with Gasteiger partial charge in [-0.1, -0.05) is 30.3 Å². The summed E-state index contributed by atoms with van der Waals surface area (Å²) >= 11 is 0. The molecule has 1 saturated heterocycles. The largest absolute Gasteiger partial charge is 0.480 e. The molecule has 1 amide bonds. The van der Waals surface area contributed by atoms with Crippen LogP contribution in [0.5, 0.6) is 0 Å². The van der Waals surface area contributed by atoms with Gasteiger partial charge in [-0.25, -0.2) is 4.79 Å². The van der Waals surface area contributed by atoms with Gasteiger partial charge in [-0.05, 0) is 26.3 Å². The summed E-state index contributed by atoms with van der Waals surface area (Å²) in [6.07, 6.45) is -0.166. The molecule has 0 spiro atoms. The zero-order valence-electron chi connectivity index (χ0n) is 13.8. The summed E-state index contributed by atoms with van der Waals surface area (Å²) in [5.41, 5.74) is -0.891. The van der Waals surface area contributed by atoms with Crippen LogP contribution in [0, 0.1) is 0 Å². The molecule has 1 aromatic carbocycles. The fourth-order valence-electron chi connectivity index (χ4n) is 2.65. The van der Waals surface area contributed by atoms with Crippen LogP contribution in [0.2, 0.25) is 0 Å². The molecule has 1 heterocycles. The van der Waals surface area contributed by atoms with Crippen LogP contribution in [0.1, 0.15) is 26.3 Å². The maximum atomic E-state index is 12.3. The highest BCUT2D eigenvalue weighted by atomic mass is 16.6. The Labute approximate surface area is 136 Å². The van der Waals surface area contributed by atoms with E-state index in [1.54, 1.807) is 20.8 Å². The van der Waals surface area contributed by atoms with E-state index in [-0.39, 0.29) is 6.54 Å². The van der Waals surface area contributed by atoms with Gasteiger partial charge in [0.25, 0.3) is 0 Å². The molecule has 2 N–H and O–H groups in total. The topological polar surface area (TPSA) is 78.9 Å². The highest BCUT2D eigenvalue weighted by Gasteiger charge is 2.44. The number of nitrogens with one attached hydrogen (secondary N) is 1. The number of carbonyl (C=O) groups excluding carboxylic acids is 1. The van der Waals surface area contributed by atoms with E-state index in [1.807, 2.05) is 30.3 Å². The van der Waals surface area contributed by atoms with Gasteiger partial charge in [-0.2, -0.15) is 0 Å². The molecule has 0 radical (unpaired) electrons. The maximum absolute atomic E-state index is 12.3. The molecule has 0 aromatic heterocycles. The fourth-order valence-corrected chi connectivity index (χ4v) is 2.65. The molecule has 0 aliphatic carbocycles. The first-order chi connectivity index (χ1) is 10.7. The average molecular weight is 320 g/mol. The van der Waals surface area contributed by atoms with Crippen LogP contribution < -0.4 is 5.32 Å². The highest BCUT2D eigenvalue weighted by molar-refractivity contribution is 5.81. The lowest BCUT2D eigenvalue weighted by Gasteiger charge is -2.41. The van der Waals surface area contributed by atoms with Crippen molar-refractivity contribution in [3.05, 3.63) is 35.9 Å². The number of amides is 1. The number of rotatable bonds is 3.